The number of nitrogens with zero attached hydrogens (tertiary/aromatic N) is 1. The molecule has 0 spiro atoms. The highest BCUT2D eigenvalue weighted by atomic mass is 19.1. The summed E-state index contributed by atoms with van der Waals surface area (Å²) in [5, 5.41) is 15.8. The van der Waals surface area contributed by atoms with Crippen molar-refractivity contribution in [3.8, 4) is 28.5 Å². The first kappa shape index (κ1) is 12.0. The maximum absolute atomic E-state index is 14.0. The molecular formula is C11H12FN3O3. The summed E-state index contributed by atoms with van der Waals surface area (Å²) in [6.45, 7) is 0. The Morgan fingerprint density at radius 2 is 2.06 bits per heavy atom. The Kier molecular flexibility index (Phi) is 2.97. The third kappa shape index (κ3) is 1.79. The molecule has 2 rings (SSSR count). The van der Waals surface area contributed by atoms with Crippen molar-refractivity contribution in [1.29, 1.82) is 0 Å². The van der Waals surface area contributed by atoms with Gasteiger partial charge in [0.1, 0.15) is 5.82 Å². The quantitative estimate of drug-likeness (QED) is 0.771. The van der Waals surface area contributed by atoms with Crippen LogP contribution in [0, 0.1) is 5.82 Å². The minimum Gasteiger partial charge on any atom is -0.505 e. The van der Waals surface area contributed by atoms with Crippen molar-refractivity contribution < 1.29 is 19.0 Å². The Balaban J connectivity index is 2.74. The Morgan fingerprint density at radius 1 is 1.33 bits per heavy atom. The van der Waals surface area contributed by atoms with Crippen LogP contribution in [0.2, 0.25) is 0 Å². The van der Waals surface area contributed by atoms with E-state index in [1.807, 2.05) is 0 Å². The molecule has 1 heterocycles. The van der Waals surface area contributed by atoms with Gasteiger partial charge in [0.15, 0.2) is 23.1 Å². The number of nitrogens with two attached hydrogens (primary N) is 1. The molecule has 0 aliphatic rings. The van der Waals surface area contributed by atoms with Gasteiger partial charge in [-0.2, -0.15) is 5.10 Å². The van der Waals surface area contributed by atoms with Gasteiger partial charge in [-0.05, 0) is 0 Å². The maximum Gasteiger partial charge on any atom is 0.178 e. The van der Waals surface area contributed by atoms with Crippen LogP contribution in [0.1, 0.15) is 0 Å². The highest BCUT2D eigenvalue weighted by Crippen LogP contribution is 2.43. The van der Waals surface area contributed by atoms with Crippen LogP contribution in [0.25, 0.3) is 11.3 Å². The van der Waals surface area contributed by atoms with Gasteiger partial charge in [0.05, 0.1) is 25.5 Å². The second kappa shape index (κ2) is 4.44. The Morgan fingerprint density at radius 3 is 2.56 bits per heavy atom. The lowest BCUT2D eigenvalue weighted by molar-refractivity contribution is 0.346. The number of aromatic hydroxyl groups is 1. The van der Waals surface area contributed by atoms with Crippen LogP contribution < -0.4 is 15.2 Å². The standard InChI is InChI=1S/C11H12FN3O3/c1-17-7-4-6(16)10(12)9(11(7)18-2)5-3-8(13)15-14-5/h3-4,16H,1-2H3,(H3,13,14,15). The first-order chi connectivity index (χ1) is 8.58. The molecule has 0 amide bonds. The molecule has 1 aromatic carbocycles. The van der Waals surface area contributed by atoms with Gasteiger partial charge in [0, 0.05) is 12.1 Å². The number of hydrogen-bond donors (Lipinski definition) is 3. The minimum absolute atomic E-state index is 0.0125. The number of hydrogen-bond acceptors (Lipinski definition) is 5. The molecule has 0 radical (unpaired) electrons. The molecule has 0 aliphatic carbocycles. The number of H-pyrrole nitrogens is 1. The molecule has 96 valence electrons. The number of aromatic amines is 1. The lowest BCUT2D eigenvalue weighted by Gasteiger charge is -2.13. The third-order valence-corrected chi connectivity index (χ3v) is 2.45. The number of phenolic OH excluding ortho intramolecular Hbond substituents is 1. The summed E-state index contributed by atoms with van der Waals surface area (Å²) in [4.78, 5) is 0. The molecule has 7 heteroatoms. The predicted molar refractivity (Wildman–Crippen MR) is 63.2 cm³/mol. The van der Waals surface area contributed by atoms with Gasteiger partial charge in [-0.15, -0.1) is 0 Å². The van der Waals surface area contributed by atoms with Crippen LogP contribution in [0.15, 0.2) is 12.1 Å². The Hall–Kier alpha value is -2.44. The molecule has 6 nitrogen and oxygen atoms in total. The number of nitrogen functional groups attached to an aromatic ring is 1. The van der Waals surface area contributed by atoms with E-state index in [1.165, 1.54) is 20.3 Å². The van der Waals surface area contributed by atoms with Gasteiger partial charge < -0.3 is 20.3 Å². The van der Waals surface area contributed by atoms with Crippen molar-refractivity contribution in [3.63, 3.8) is 0 Å². The monoisotopic (exact) mass is 253 g/mol. The molecule has 1 aromatic heterocycles. The first-order valence-electron chi connectivity index (χ1n) is 5.03. The van der Waals surface area contributed by atoms with Crippen molar-refractivity contribution in [2.75, 3.05) is 20.0 Å². The summed E-state index contributed by atoms with van der Waals surface area (Å²) in [6.07, 6.45) is 0. The van der Waals surface area contributed by atoms with Gasteiger partial charge in [0.2, 0.25) is 0 Å². The molecule has 0 aliphatic heterocycles. The van der Waals surface area contributed by atoms with Crippen LogP contribution in [0.4, 0.5) is 10.2 Å². The SMILES string of the molecule is COc1cc(O)c(F)c(-c2cc(N)n[nH]2)c1OC. The van der Waals surface area contributed by atoms with E-state index in [4.69, 9.17) is 15.2 Å². The highest BCUT2D eigenvalue weighted by molar-refractivity contribution is 5.75. The van der Waals surface area contributed by atoms with Crippen LogP contribution in [0.3, 0.4) is 0 Å². The fraction of sp³-hybridized carbons (Fsp3) is 0.182. The molecule has 18 heavy (non-hydrogen) atoms. The van der Waals surface area contributed by atoms with Crippen molar-refractivity contribution in [2.24, 2.45) is 0 Å². The van der Waals surface area contributed by atoms with Gasteiger partial charge in [-0.1, -0.05) is 0 Å². The summed E-state index contributed by atoms with van der Waals surface area (Å²) in [5.74, 6) is -0.822. The Bertz CT molecular complexity index is 583. The summed E-state index contributed by atoms with van der Waals surface area (Å²) >= 11 is 0. The lowest BCUT2D eigenvalue weighted by Crippen LogP contribution is -1.97. The smallest absolute Gasteiger partial charge is 0.178 e. The molecule has 0 saturated carbocycles. The number of ether oxygens (including phenoxy) is 2. The highest BCUT2D eigenvalue weighted by Gasteiger charge is 2.22. The zero-order valence-electron chi connectivity index (χ0n) is 9.82. The van der Waals surface area contributed by atoms with Gasteiger partial charge in [-0.25, -0.2) is 4.39 Å². The molecular weight excluding hydrogens is 241 g/mol. The average Bonchev–Trinajstić information content (AvgIpc) is 2.78. The number of phenols is 1. The molecule has 0 atom stereocenters. The zero-order chi connectivity index (χ0) is 13.3. The summed E-state index contributed by atoms with van der Waals surface area (Å²) in [7, 11) is 2.76. The number of aromatic nitrogens is 2. The number of nitrogens with one attached hydrogen (secondary N) is 1. The zero-order valence-corrected chi connectivity index (χ0v) is 9.82. The minimum atomic E-state index is -0.837. The van der Waals surface area contributed by atoms with Crippen LogP contribution in [0.5, 0.6) is 17.2 Å². The lowest BCUT2D eigenvalue weighted by atomic mass is 10.1. The van der Waals surface area contributed by atoms with Crippen LogP contribution in [-0.2, 0) is 0 Å². The largest absolute Gasteiger partial charge is 0.505 e. The van der Waals surface area contributed by atoms with E-state index in [0.29, 0.717) is 0 Å². The van der Waals surface area contributed by atoms with Gasteiger partial charge in [-0.3, -0.25) is 5.10 Å². The van der Waals surface area contributed by atoms with Crippen molar-refractivity contribution in [3.05, 3.63) is 17.9 Å². The normalized spacial score (nSPS) is 10.4. The summed E-state index contributed by atoms with van der Waals surface area (Å²) in [5.41, 5.74) is 5.77. The topological polar surface area (TPSA) is 93.4 Å². The van der Waals surface area contributed by atoms with Crippen LogP contribution in [-0.4, -0.2) is 29.5 Å². The maximum atomic E-state index is 14.0. The van der Waals surface area contributed by atoms with Gasteiger partial charge in [0.25, 0.3) is 0 Å². The van der Waals surface area contributed by atoms with Crippen molar-refractivity contribution >= 4 is 5.82 Å². The molecule has 0 fully saturated rings. The third-order valence-electron chi connectivity index (χ3n) is 2.45. The van der Waals surface area contributed by atoms with E-state index >= 15 is 0 Å². The molecule has 0 bridgehead atoms. The second-order valence-corrected chi connectivity index (χ2v) is 3.53. The fourth-order valence-corrected chi connectivity index (χ4v) is 1.66. The first-order valence-corrected chi connectivity index (χ1v) is 5.03. The molecule has 2 aromatic rings. The number of benzene rings is 1. The van der Waals surface area contributed by atoms with Gasteiger partial charge >= 0.3 is 0 Å². The van der Waals surface area contributed by atoms with E-state index in [9.17, 15) is 9.50 Å². The van der Waals surface area contributed by atoms with Crippen LogP contribution >= 0.6 is 0 Å². The summed E-state index contributed by atoms with van der Waals surface area (Å²) in [6, 6.07) is 2.57. The van der Waals surface area contributed by atoms with E-state index in [1.54, 1.807) is 0 Å². The fourth-order valence-electron chi connectivity index (χ4n) is 1.66. The van der Waals surface area contributed by atoms with Crippen molar-refractivity contribution in [1.82, 2.24) is 10.2 Å². The van der Waals surface area contributed by atoms with E-state index < -0.39 is 11.6 Å². The van der Waals surface area contributed by atoms with E-state index in [2.05, 4.69) is 10.2 Å². The predicted octanol–water partition coefficient (Wildman–Crippen LogP) is 1.52. The average molecular weight is 253 g/mol. The molecule has 4 N–H and O–H groups in total. The summed E-state index contributed by atoms with van der Waals surface area (Å²) < 4.78 is 24.1. The van der Waals surface area contributed by atoms with E-state index in [0.717, 1.165) is 6.07 Å². The molecule has 0 unspecified atom stereocenters. The van der Waals surface area contributed by atoms with E-state index in [-0.39, 0.29) is 28.6 Å². The van der Waals surface area contributed by atoms with Crippen molar-refractivity contribution in [2.45, 2.75) is 0 Å². The number of methoxy groups -OCH3 is 2. The number of rotatable bonds is 3. The number of halogens is 1. The molecule has 0 saturated heterocycles. The number of anilines is 1. The Labute approximate surface area is 102 Å². The second-order valence-electron chi connectivity index (χ2n) is 3.53.